The third-order valence-electron chi connectivity index (χ3n) is 1.93. The first kappa shape index (κ1) is 9.85. The fraction of sp³-hybridized carbons (Fsp3) is 1.00. The highest BCUT2D eigenvalue weighted by Crippen LogP contribution is 2.28. The molecule has 6 nitrogen and oxygen atoms in total. The molecule has 5 N–H and O–H groups in total. The molecule has 6 heteroatoms. The van der Waals surface area contributed by atoms with Gasteiger partial charge in [-0.2, -0.15) is 0 Å². The fourth-order valence-corrected chi connectivity index (χ4v) is 1.15. The van der Waals surface area contributed by atoms with Crippen LogP contribution in [-0.4, -0.2) is 62.8 Å². The lowest BCUT2D eigenvalue weighted by molar-refractivity contribution is -0.248. The number of rotatable bonds is 2. The molecule has 1 aliphatic heterocycles. The van der Waals surface area contributed by atoms with Crippen molar-refractivity contribution >= 4 is 0 Å². The number of aliphatic hydroxyl groups is 5. The van der Waals surface area contributed by atoms with E-state index < -0.39 is 37.3 Å². The molecule has 0 unspecified atom stereocenters. The quantitative estimate of drug-likeness (QED) is 0.306. The molecule has 0 aliphatic carbocycles. The molecule has 0 amide bonds. The molecule has 0 radical (unpaired) electrons. The fourth-order valence-electron chi connectivity index (χ4n) is 1.15. The molecule has 72 valence electrons. The van der Waals surface area contributed by atoms with Crippen molar-refractivity contribution < 1.29 is 30.3 Å². The van der Waals surface area contributed by atoms with Crippen LogP contribution in [0.1, 0.15) is 0 Å². The molecule has 0 bridgehead atoms. The van der Waals surface area contributed by atoms with Crippen molar-refractivity contribution in [2.75, 3.05) is 13.2 Å². The topological polar surface area (TPSA) is 110 Å². The Labute approximate surface area is 68.6 Å². The molecule has 1 fully saturated rings. The van der Waals surface area contributed by atoms with Crippen molar-refractivity contribution in [2.24, 2.45) is 0 Å². The Balaban J connectivity index is 2.72. The standard InChI is InChI=1S/C6H12O6/c7-1-3-4(9)5(10)6(11,2-8)12-3/h3-5,7-11H,1-2H2/t3-,4+,5-,6-/m0/s1. The first-order chi connectivity index (χ1) is 5.55. The largest absolute Gasteiger partial charge is 0.394 e. The number of hydrogen-bond donors (Lipinski definition) is 5. The zero-order valence-corrected chi connectivity index (χ0v) is 6.29. The van der Waals surface area contributed by atoms with Gasteiger partial charge in [-0.15, -0.1) is 0 Å². The third-order valence-corrected chi connectivity index (χ3v) is 1.93. The third kappa shape index (κ3) is 1.33. The molecule has 0 spiro atoms. The molecule has 1 aliphatic rings. The summed E-state index contributed by atoms with van der Waals surface area (Å²) < 4.78 is 4.63. The maximum Gasteiger partial charge on any atom is 0.219 e. The molecule has 4 atom stereocenters. The average Bonchev–Trinajstić information content (AvgIpc) is 2.31. The number of hydrogen-bond acceptors (Lipinski definition) is 6. The Kier molecular flexibility index (Phi) is 2.67. The summed E-state index contributed by atoms with van der Waals surface area (Å²) in [5.74, 6) is -2.16. The van der Waals surface area contributed by atoms with E-state index in [1.54, 1.807) is 0 Å². The predicted molar refractivity (Wildman–Crippen MR) is 36.0 cm³/mol. The minimum atomic E-state index is -2.16. The molecule has 1 saturated heterocycles. The summed E-state index contributed by atoms with van der Waals surface area (Å²) in [7, 11) is 0. The van der Waals surface area contributed by atoms with Crippen LogP contribution in [0.15, 0.2) is 0 Å². The van der Waals surface area contributed by atoms with E-state index in [0.29, 0.717) is 0 Å². The Hall–Kier alpha value is -0.240. The molecule has 12 heavy (non-hydrogen) atoms. The highest BCUT2D eigenvalue weighted by atomic mass is 16.7. The van der Waals surface area contributed by atoms with Gasteiger partial charge >= 0.3 is 0 Å². The second-order valence-corrected chi connectivity index (χ2v) is 2.78. The summed E-state index contributed by atoms with van der Waals surface area (Å²) in [5, 5.41) is 44.7. The first-order valence-electron chi connectivity index (χ1n) is 3.53. The van der Waals surface area contributed by atoms with Gasteiger partial charge in [-0.3, -0.25) is 0 Å². The Bertz CT molecular complexity index is 162. The van der Waals surface area contributed by atoms with Crippen molar-refractivity contribution in [1.82, 2.24) is 0 Å². The number of ether oxygens (including phenoxy) is 1. The van der Waals surface area contributed by atoms with Crippen LogP contribution >= 0.6 is 0 Å². The summed E-state index contributed by atoms with van der Waals surface area (Å²) in [4.78, 5) is 0. The average molecular weight is 180 g/mol. The maximum atomic E-state index is 9.25. The van der Waals surface area contributed by atoms with Crippen molar-refractivity contribution in [1.29, 1.82) is 0 Å². The second kappa shape index (κ2) is 3.25. The van der Waals surface area contributed by atoms with E-state index in [2.05, 4.69) is 4.74 Å². The molecule has 0 aromatic rings. The Morgan fingerprint density at radius 1 is 1.25 bits per heavy atom. The highest BCUT2D eigenvalue weighted by Gasteiger charge is 2.52. The Morgan fingerprint density at radius 2 is 1.83 bits per heavy atom. The summed E-state index contributed by atoms with van der Waals surface area (Å²) in [6, 6.07) is 0. The molecule has 0 saturated carbocycles. The summed E-state index contributed by atoms with van der Waals surface area (Å²) in [5.41, 5.74) is 0. The van der Waals surface area contributed by atoms with E-state index in [-0.39, 0.29) is 0 Å². The lowest BCUT2D eigenvalue weighted by atomic mass is 10.1. The molecule has 1 heterocycles. The lowest BCUT2D eigenvalue weighted by Crippen LogP contribution is -2.46. The minimum Gasteiger partial charge on any atom is -0.394 e. The SMILES string of the molecule is OC[C@@H]1O[C@@](O)(CO)[C@@H](O)[C@@H]1O. The van der Waals surface area contributed by atoms with E-state index in [1.165, 1.54) is 0 Å². The smallest absolute Gasteiger partial charge is 0.219 e. The van der Waals surface area contributed by atoms with Crippen molar-refractivity contribution in [3.8, 4) is 0 Å². The second-order valence-electron chi connectivity index (χ2n) is 2.78. The normalized spacial score (nSPS) is 48.2. The van der Waals surface area contributed by atoms with Gasteiger partial charge in [0.05, 0.1) is 13.2 Å². The Morgan fingerprint density at radius 3 is 2.08 bits per heavy atom. The summed E-state index contributed by atoms with van der Waals surface area (Å²) in [6.07, 6.45) is -4.04. The van der Waals surface area contributed by atoms with Crippen LogP contribution in [0.5, 0.6) is 0 Å². The van der Waals surface area contributed by atoms with E-state index in [4.69, 9.17) is 20.4 Å². The zero-order chi connectivity index (χ0) is 9.35. The monoisotopic (exact) mass is 180 g/mol. The zero-order valence-electron chi connectivity index (χ0n) is 6.29. The van der Waals surface area contributed by atoms with E-state index in [9.17, 15) is 5.11 Å². The lowest BCUT2D eigenvalue weighted by Gasteiger charge is -2.22. The summed E-state index contributed by atoms with van der Waals surface area (Å²) >= 11 is 0. The molecule has 1 rings (SSSR count). The van der Waals surface area contributed by atoms with Crippen molar-refractivity contribution in [2.45, 2.75) is 24.1 Å². The van der Waals surface area contributed by atoms with E-state index in [0.717, 1.165) is 0 Å². The van der Waals surface area contributed by atoms with Gasteiger partial charge in [0.2, 0.25) is 5.79 Å². The van der Waals surface area contributed by atoms with Gasteiger partial charge in [-0.1, -0.05) is 0 Å². The number of aliphatic hydroxyl groups excluding tert-OH is 4. The minimum absolute atomic E-state index is 0.527. The predicted octanol–water partition coefficient (Wildman–Crippen LogP) is -3.22. The molecular formula is C6H12O6. The van der Waals surface area contributed by atoms with Crippen LogP contribution < -0.4 is 0 Å². The van der Waals surface area contributed by atoms with Crippen LogP contribution in [0.2, 0.25) is 0 Å². The van der Waals surface area contributed by atoms with Crippen LogP contribution in [-0.2, 0) is 4.74 Å². The van der Waals surface area contributed by atoms with Crippen LogP contribution in [0.25, 0.3) is 0 Å². The van der Waals surface area contributed by atoms with Crippen LogP contribution in [0, 0.1) is 0 Å². The molecule has 0 aromatic carbocycles. The van der Waals surface area contributed by atoms with Crippen molar-refractivity contribution in [3.05, 3.63) is 0 Å². The van der Waals surface area contributed by atoms with Gasteiger partial charge in [0.15, 0.2) is 0 Å². The van der Waals surface area contributed by atoms with E-state index in [1.807, 2.05) is 0 Å². The van der Waals surface area contributed by atoms with Crippen LogP contribution in [0.4, 0.5) is 0 Å². The molecular weight excluding hydrogens is 168 g/mol. The van der Waals surface area contributed by atoms with Gasteiger partial charge < -0.3 is 30.3 Å². The van der Waals surface area contributed by atoms with Gasteiger partial charge in [-0.05, 0) is 0 Å². The van der Waals surface area contributed by atoms with Crippen LogP contribution in [0.3, 0.4) is 0 Å². The maximum absolute atomic E-state index is 9.25. The van der Waals surface area contributed by atoms with Gasteiger partial charge in [0, 0.05) is 0 Å². The van der Waals surface area contributed by atoms with Crippen molar-refractivity contribution in [3.63, 3.8) is 0 Å². The van der Waals surface area contributed by atoms with Gasteiger partial charge in [0.1, 0.15) is 18.3 Å². The first-order valence-corrected chi connectivity index (χ1v) is 3.53. The summed E-state index contributed by atoms with van der Waals surface area (Å²) in [6.45, 7) is -1.36. The highest BCUT2D eigenvalue weighted by molar-refractivity contribution is 4.94. The van der Waals surface area contributed by atoms with Gasteiger partial charge in [-0.25, -0.2) is 0 Å². The van der Waals surface area contributed by atoms with Gasteiger partial charge in [0.25, 0.3) is 0 Å². The molecule has 0 aromatic heterocycles. The van der Waals surface area contributed by atoms with E-state index >= 15 is 0 Å².